The third-order valence-electron chi connectivity index (χ3n) is 6.03. The predicted octanol–water partition coefficient (Wildman–Crippen LogP) is 0.969. The van der Waals surface area contributed by atoms with Gasteiger partial charge in [-0.05, 0) is 31.9 Å². The van der Waals surface area contributed by atoms with Crippen LogP contribution in [-0.4, -0.2) is 103 Å². The summed E-state index contributed by atoms with van der Waals surface area (Å²) in [6.45, 7) is 5.19. The summed E-state index contributed by atoms with van der Waals surface area (Å²) in [6.07, 6.45) is 3.35. The summed E-state index contributed by atoms with van der Waals surface area (Å²) in [5, 5.41) is 11.1. The summed E-state index contributed by atoms with van der Waals surface area (Å²) in [6, 6.07) is 5.81. The molecule has 1 aromatic rings. The van der Waals surface area contributed by atoms with Gasteiger partial charge in [-0.25, -0.2) is 0 Å². The number of non-ortho nitro benzene ring substituents is 1. The maximum atomic E-state index is 12.8. The molecular weight excluding hydrogens is 477 g/mol. The predicted molar refractivity (Wildman–Crippen MR) is 131 cm³/mol. The van der Waals surface area contributed by atoms with Crippen molar-refractivity contribution in [2.75, 3.05) is 59.0 Å². The largest absolute Gasteiger partial charge is 0.350 e. The van der Waals surface area contributed by atoms with Gasteiger partial charge in [0.25, 0.3) is 5.69 Å². The van der Waals surface area contributed by atoms with Gasteiger partial charge in [0, 0.05) is 76.7 Å². The van der Waals surface area contributed by atoms with Crippen LogP contribution in [0.5, 0.6) is 0 Å². The number of carbonyl (C=O) groups is 3. The minimum absolute atomic E-state index is 0.0841. The maximum Gasteiger partial charge on any atom is 0.269 e. The van der Waals surface area contributed by atoms with E-state index in [0.29, 0.717) is 70.8 Å². The van der Waals surface area contributed by atoms with Gasteiger partial charge in [0.2, 0.25) is 19.2 Å². The molecule has 1 fully saturated rings. The average molecular weight is 512 g/mol. The summed E-state index contributed by atoms with van der Waals surface area (Å²) >= 11 is 0. The SMILES string of the molecule is CCOC([PH2]=O)(c1ccc([N+](=O)[O-])cc1)N1CCCN(C=O)CCN(C=O)CCCN(C=O)CC1. The molecule has 1 aliphatic heterocycles. The topological polar surface area (TPSA) is 134 Å². The summed E-state index contributed by atoms with van der Waals surface area (Å²) in [4.78, 5) is 51.9. The van der Waals surface area contributed by atoms with E-state index in [1.165, 1.54) is 12.1 Å². The van der Waals surface area contributed by atoms with Gasteiger partial charge in [-0.15, -0.1) is 0 Å². The second-order valence-electron chi connectivity index (χ2n) is 8.17. The molecule has 0 aromatic heterocycles. The van der Waals surface area contributed by atoms with E-state index in [2.05, 4.69) is 0 Å². The van der Waals surface area contributed by atoms with Crippen LogP contribution < -0.4 is 0 Å². The highest BCUT2D eigenvalue weighted by Gasteiger charge is 2.39. The average Bonchev–Trinajstić information content (AvgIpc) is 2.88. The molecule has 2 unspecified atom stereocenters. The molecule has 194 valence electrons. The Kier molecular flexibility index (Phi) is 11.8. The molecule has 0 spiro atoms. The number of carbonyl (C=O) groups excluding carboxylic acids is 3. The molecule has 3 amide bonds. The maximum absolute atomic E-state index is 12.8. The molecule has 13 heteroatoms. The van der Waals surface area contributed by atoms with Crippen LogP contribution in [0.2, 0.25) is 0 Å². The fourth-order valence-corrected chi connectivity index (χ4v) is 5.09. The van der Waals surface area contributed by atoms with Crippen LogP contribution in [0, 0.1) is 10.1 Å². The second-order valence-corrected chi connectivity index (χ2v) is 9.19. The molecule has 1 saturated heterocycles. The first-order chi connectivity index (χ1) is 16.9. The van der Waals surface area contributed by atoms with Gasteiger partial charge in [0.1, 0.15) is 8.46 Å². The van der Waals surface area contributed by atoms with Crippen molar-refractivity contribution in [3.8, 4) is 0 Å². The lowest BCUT2D eigenvalue weighted by atomic mass is 10.1. The van der Waals surface area contributed by atoms with Crippen molar-refractivity contribution in [2.45, 2.75) is 25.2 Å². The van der Waals surface area contributed by atoms with Gasteiger partial charge < -0.3 is 24.0 Å². The molecule has 0 aliphatic carbocycles. The Morgan fingerprint density at radius 3 is 1.80 bits per heavy atom. The first-order valence-corrected chi connectivity index (χ1v) is 12.7. The Balaban J connectivity index is 2.37. The van der Waals surface area contributed by atoms with E-state index in [1.54, 1.807) is 33.8 Å². The Labute approximate surface area is 206 Å². The molecule has 2 rings (SSSR count). The number of benzene rings is 1. The third kappa shape index (κ3) is 7.84. The van der Waals surface area contributed by atoms with E-state index in [4.69, 9.17) is 4.74 Å². The highest BCUT2D eigenvalue weighted by atomic mass is 31.1. The van der Waals surface area contributed by atoms with Gasteiger partial charge >= 0.3 is 0 Å². The number of amides is 3. The number of nitro groups is 1. The molecule has 0 saturated carbocycles. The number of hydrogen-bond acceptors (Lipinski definition) is 8. The van der Waals surface area contributed by atoms with E-state index in [9.17, 15) is 29.1 Å². The normalized spacial score (nSPS) is 19.2. The number of nitrogens with zero attached hydrogens (tertiary/aromatic N) is 5. The summed E-state index contributed by atoms with van der Waals surface area (Å²) in [5.74, 6) is 0. The van der Waals surface area contributed by atoms with Crippen molar-refractivity contribution in [1.82, 2.24) is 19.6 Å². The van der Waals surface area contributed by atoms with E-state index in [0.717, 1.165) is 19.2 Å². The lowest BCUT2D eigenvalue weighted by Gasteiger charge is -2.41. The highest BCUT2D eigenvalue weighted by Crippen LogP contribution is 2.41. The minimum Gasteiger partial charge on any atom is -0.350 e. The molecule has 12 nitrogen and oxygen atoms in total. The van der Waals surface area contributed by atoms with Crippen LogP contribution >= 0.6 is 8.46 Å². The van der Waals surface area contributed by atoms with Gasteiger partial charge in [0.15, 0.2) is 5.47 Å². The van der Waals surface area contributed by atoms with Crippen molar-refractivity contribution in [2.24, 2.45) is 0 Å². The third-order valence-corrected chi connectivity index (χ3v) is 7.21. The van der Waals surface area contributed by atoms with Crippen molar-refractivity contribution >= 4 is 33.4 Å². The zero-order valence-corrected chi connectivity index (χ0v) is 21.1. The number of nitro benzene ring substituents is 1. The standard InChI is InChI=1S/C22H34N5O7P/c1-2-34-22(35-33,20-5-7-21(8-6-20)27(31)32)26-12-4-11-24(18-29)14-13-23(17-28)9-3-10-25(19-30)15-16-26/h5-8,17-19H,2-4,9-16,35H2,1H3. The van der Waals surface area contributed by atoms with Crippen LogP contribution in [-0.2, 0) is 29.2 Å². The molecule has 2 atom stereocenters. The van der Waals surface area contributed by atoms with Crippen LogP contribution in [0.4, 0.5) is 5.69 Å². The smallest absolute Gasteiger partial charge is 0.269 e. The van der Waals surface area contributed by atoms with Crippen LogP contribution in [0.1, 0.15) is 25.3 Å². The summed E-state index contributed by atoms with van der Waals surface area (Å²) < 4.78 is 18.8. The van der Waals surface area contributed by atoms with E-state index in [-0.39, 0.29) is 12.3 Å². The fraction of sp³-hybridized carbons (Fsp3) is 0.591. The zero-order chi connectivity index (χ0) is 25.7. The number of ether oxygens (including phenoxy) is 1. The monoisotopic (exact) mass is 511 g/mol. The molecule has 0 radical (unpaired) electrons. The lowest BCUT2D eigenvalue weighted by molar-refractivity contribution is -0.384. The van der Waals surface area contributed by atoms with Crippen molar-refractivity contribution in [1.29, 1.82) is 0 Å². The van der Waals surface area contributed by atoms with Crippen LogP contribution in [0.25, 0.3) is 0 Å². The number of hydrogen-bond donors (Lipinski definition) is 0. The molecule has 1 aromatic carbocycles. The first-order valence-electron chi connectivity index (χ1n) is 11.6. The van der Waals surface area contributed by atoms with Gasteiger partial charge in [-0.2, -0.15) is 0 Å². The van der Waals surface area contributed by atoms with Crippen LogP contribution in [0.15, 0.2) is 24.3 Å². The second kappa shape index (κ2) is 14.6. The lowest BCUT2D eigenvalue weighted by Crippen LogP contribution is -2.49. The van der Waals surface area contributed by atoms with E-state index < -0.39 is 18.8 Å². The minimum atomic E-state index is -1.55. The van der Waals surface area contributed by atoms with Gasteiger partial charge in [0.05, 0.1) is 4.92 Å². The van der Waals surface area contributed by atoms with Crippen molar-refractivity contribution in [3.05, 3.63) is 39.9 Å². The van der Waals surface area contributed by atoms with Gasteiger partial charge in [-0.3, -0.25) is 29.4 Å². The molecule has 35 heavy (non-hydrogen) atoms. The molecule has 1 aliphatic rings. The first kappa shape index (κ1) is 28.4. The Bertz CT molecular complexity index is 859. The Morgan fingerprint density at radius 1 is 0.886 bits per heavy atom. The molecule has 0 N–H and O–H groups in total. The molecule has 1 heterocycles. The highest BCUT2D eigenvalue weighted by molar-refractivity contribution is 7.25. The Morgan fingerprint density at radius 2 is 1.37 bits per heavy atom. The van der Waals surface area contributed by atoms with Crippen LogP contribution in [0.3, 0.4) is 0 Å². The summed E-state index contributed by atoms with van der Waals surface area (Å²) in [5.41, 5.74) is -0.864. The zero-order valence-electron chi connectivity index (χ0n) is 20.0. The van der Waals surface area contributed by atoms with Crippen molar-refractivity contribution < 1.29 is 28.6 Å². The summed E-state index contributed by atoms with van der Waals surface area (Å²) in [7, 11) is -1.55. The molecular formula is C22H34N5O7P. The Hall–Kier alpha value is -2.82. The quantitative estimate of drug-likeness (QED) is 0.207. The van der Waals surface area contributed by atoms with Gasteiger partial charge in [-0.1, -0.05) is 0 Å². The van der Waals surface area contributed by atoms with Crippen molar-refractivity contribution in [3.63, 3.8) is 0 Å². The van der Waals surface area contributed by atoms with E-state index in [1.807, 2.05) is 4.90 Å². The molecule has 0 bridgehead atoms. The van der Waals surface area contributed by atoms with E-state index >= 15 is 0 Å². The fourth-order valence-electron chi connectivity index (χ4n) is 4.12. The number of rotatable bonds is 9.